The molecule has 0 bridgehead atoms. The molecule has 4 rings (SSSR count). The molecule has 32 heavy (non-hydrogen) atoms. The number of aryl methyl sites for hydroxylation is 1. The highest BCUT2D eigenvalue weighted by Gasteiger charge is 2.41. The van der Waals surface area contributed by atoms with Crippen LogP contribution in [0.1, 0.15) is 45.3 Å². The first-order valence-corrected chi connectivity index (χ1v) is 11.2. The summed E-state index contributed by atoms with van der Waals surface area (Å²) >= 11 is 12.6. The van der Waals surface area contributed by atoms with Crippen LogP contribution >= 0.6 is 23.2 Å². The number of hydrogen-bond acceptors (Lipinski definition) is 4. The van der Waals surface area contributed by atoms with Gasteiger partial charge in [0.15, 0.2) is 0 Å². The molecule has 2 N–H and O–H groups in total. The van der Waals surface area contributed by atoms with Crippen LogP contribution in [0.2, 0.25) is 10.0 Å². The third-order valence-electron chi connectivity index (χ3n) is 6.34. The molecule has 6 nitrogen and oxygen atoms in total. The van der Waals surface area contributed by atoms with E-state index in [1.54, 1.807) is 18.2 Å². The number of carbonyl (C=O) groups excluding carboxylic acids is 2. The molecule has 168 valence electrons. The molecule has 2 heterocycles. The molecule has 1 saturated heterocycles. The van der Waals surface area contributed by atoms with Crippen LogP contribution in [-0.2, 0) is 10.3 Å². The number of fused-ring (bicyclic) bond motifs is 1. The summed E-state index contributed by atoms with van der Waals surface area (Å²) in [6, 6.07) is 10.8. The van der Waals surface area contributed by atoms with Crippen LogP contribution in [0.5, 0.6) is 0 Å². The zero-order valence-corrected chi connectivity index (χ0v) is 19.7. The first kappa shape index (κ1) is 22.6. The average molecular weight is 474 g/mol. The van der Waals surface area contributed by atoms with Gasteiger partial charge in [0.25, 0.3) is 5.91 Å². The molecule has 0 radical (unpaired) electrons. The van der Waals surface area contributed by atoms with E-state index in [9.17, 15) is 9.59 Å². The van der Waals surface area contributed by atoms with Crippen molar-refractivity contribution in [3.8, 4) is 0 Å². The third kappa shape index (κ3) is 3.87. The predicted octanol–water partition coefficient (Wildman–Crippen LogP) is 4.92. The molecule has 1 aliphatic rings. The number of likely N-dealkylation sites (N-methyl/N-ethyl adjacent to an activating group) is 1. The fourth-order valence-electron chi connectivity index (χ4n) is 4.49. The Balaban J connectivity index is 1.70. The number of likely N-dealkylation sites (tertiary alicyclic amines) is 1. The second kappa shape index (κ2) is 8.77. The highest BCUT2D eigenvalue weighted by atomic mass is 35.5. The van der Waals surface area contributed by atoms with Crippen molar-refractivity contribution >= 4 is 46.0 Å². The number of esters is 1. The zero-order chi connectivity index (χ0) is 23.0. The molecule has 0 aliphatic carbocycles. The van der Waals surface area contributed by atoms with E-state index in [4.69, 9.17) is 27.9 Å². The SMILES string of the molecule is CCN1CCC(NC(=O)c2[nH]c3ccc(Cl)c(Cl)c3c2C)(c2ccc(C(=O)OC)cc2)C1. The molecule has 1 aliphatic heterocycles. The number of nitrogens with one attached hydrogen (secondary N) is 2. The summed E-state index contributed by atoms with van der Waals surface area (Å²) in [5.41, 5.74) is 2.83. The smallest absolute Gasteiger partial charge is 0.337 e. The first-order valence-electron chi connectivity index (χ1n) is 10.5. The minimum Gasteiger partial charge on any atom is -0.465 e. The molecular weight excluding hydrogens is 449 g/mol. The average Bonchev–Trinajstić information content (AvgIpc) is 3.38. The highest BCUT2D eigenvalue weighted by molar-refractivity contribution is 6.45. The van der Waals surface area contributed by atoms with E-state index in [0.717, 1.165) is 41.5 Å². The number of carbonyl (C=O) groups is 2. The standard InChI is InChI=1S/C24H25Cl2N3O3/c1-4-29-12-11-24(13-29,16-7-5-15(6-8-16)23(31)32-3)28-22(30)21-14(2)19-18(27-21)10-9-17(25)20(19)26/h5-10,27H,4,11-13H2,1-3H3,(H,28,30). The van der Waals surface area contributed by atoms with Gasteiger partial charge >= 0.3 is 5.97 Å². The van der Waals surface area contributed by atoms with Crippen molar-refractivity contribution < 1.29 is 14.3 Å². The lowest BCUT2D eigenvalue weighted by Gasteiger charge is -2.31. The van der Waals surface area contributed by atoms with Gasteiger partial charge in [-0.25, -0.2) is 4.79 Å². The van der Waals surface area contributed by atoms with Crippen LogP contribution in [0.4, 0.5) is 0 Å². The van der Waals surface area contributed by atoms with Crippen LogP contribution < -0.4 is 5.32 Å². The molecule has 8 heteroatoms. The number of ether oxygens (including phenoxy) is 1. The van der Waals surface area contributed by atoms with Crippen molar-refractivity contribution in [1.29, 1.82) is 0 Å². The summed E-state index contributed by atoms with van der Waals surface area (Å²) in [6.45, 7) is 6.39. The predicted molar refractivity (Wildman–Crippen MR) is 127 cm³/mol. The van der Waals surface area contributed by atoms with Crippen molar-refractivity contribution in [3.63, 3.8) is 0 Å². The number of aromatic nitrogens is 1. The summed E-state index contributed by atoms with van der Waals surface area (Å²) in [5, 5.41) is 4.92. The number of H-pyrrole nitrogens is 1. The van der Waals surface area contributed by atoms with Crippen LogP contribution in [0.25, 0.3) is 10.9 Å². The van der Waals surface area contributed by atoms with Gasteiger partial charge in [0.2, 0.25) is 0 Å². The Labute approximate surface area is 196 Å². The van der Waals surface area contributed by atoms with E-state index in [0.29, 0.717) is 27.8 Å². The maximum atomic E-state index is 13.5. The molecule has 2 aromatic carbocycles. The normalized spacial score (nSPS) is 18.8. The van der Waals surface area contributed by atoms with E-state index in [-0.39, 0.29) is 11.9 Å². The second-order valence-electron chi connectivity index (χ2n) is 8.13. The molecule has 0 spiro atoms. The van der Waals surface area contributed by atoms with Crippen molar-refractivity contribution in [3.05, 3.63) is 68.8 Å². The zero-order valence-electron chi connectivity index (χ0n) is 18.2. The molecule has 1 unspecified atom stereocenters. The van der Waals surface area contributed by atoms with Crippen molar-refractivity contribution in [2.45, 2.75) is 25.8 Å². The number of rotatable bonds is 5. The van der Waals surface area contributed by atoms with Crippen molar-refractivity contribution in [2.75, 3.05) is 26.7 Å². The molecule has 1 amide bonds. The van der Waals surface area contributed by atoms with Crippen LogP contribution in [0.3, 0.4) is 0 Å². The molecule has 1 atom stereocenters. The quantitative estimate of drug-likeness (QED) is 0.515. The monoisotopic (exact) mass is 473 g/mol. The number of halogens is 2. The Hall–Kier alpha value is -2.54. The van der Waals surface area contributed by atoms with Gasteiger partial charge in [-0.15, -0.1) is 0 Å². The summed E-state index contributed by atoms with van der Waals surface area (Å²) in [7, 11) is 1.36. The Kier molecular flexibility index (Phi) is 6.21. The lowest BCUT2D eigenvalue weighted by atomic mass is 9.88. The van der Waals surface area contributed by atoms with Crippen LogP contribution in [-0.4, -0.2) is 48.5 Å². The molecule has 1 fully saturated rings. The van der Waals surface area contributed by atoms with E-state index >= 15 is 0 Å². The van der Waals surface area contributed by atoms with Gasteiger partial charge in [-0.1, -0.05) is 42.3 Å². The van der Waals surface area contributed by atoms with Gasteiger partial charge in [-0.2, -0.15) is 0 Å². The lowest BCUT2D eigenvalue weighted by molar-refractivity contribution is 0.0600. The minimum absolute atomic E-state index is 0.208. The third-order valence-corrected chi connectivity index (χ3v) is 7.14. The number of hydrogen-bond donors (Lipinski definition) is 2. The van der Waals surface area contributed by atoms with E-state index in [1.165, 1.54) is 7.11 Å². The molecular formula is C24H25Cl2N3O3. The minimum atomic E-state index is -0.576. The Morgan fingerprint density at radius 1 is 1.19 bits per heavy atom. The molecule has 1 aromatic heterocycles. The summed E-state index contributed by atoms with van der Waals surface area (Å²) in [6.07, 6.45) is 0.760. The van der Waals surface area contributed by atoms with E-state index in [2.05, 4.69) is 22.1 Å². The fraction of sp³-hybridized carbons (Fsp3) is 0.333. The number of methoxy groups -OCH3 is 1. The molecule has 0 saturated carbocycles. The summed E-state index contributed by atoms with van der Waals surface area (Å²) in [4.78, 5) is 30.8. The Morgan fingerprint density at radius 3 is 2.53 bits per heavy atom. The Morgan fingerprint density at radius 2 is 1.91 bits per heavy atom. The second-order valence-corrected chi connectivity index (χ2v) is 8.92. The Bertz CT molecular complexity index is 1190. The van der Waals surface area contributed by atoms with Gasteiger partial charge in [0.1, 0.15) is 5.69 Å². The topological polar surface area (TPSA) is 74.4 Å². The van der Waals surface area contributed by atoms with Gasteiger partial charge in [0.05, 0.1) is 28.3 Å². The molecule has 3 aromatic rings. The van der Waals surface area contributed by atoms with Gasteiger partial charge < -0.3 is 19.9 Å². The number of aromatic amines is 1. The number of nitrogens with zero attached hydrogens (tertiary/aromatic N) is 1. The first-order chi connectivity index (χ1) is 15.3. The maximum absolute atomic E-state index is 13.5. The van der Waals surface area contributed by atoms with Gasteiger partial charge in [0, 0.05) is 24.0 Å². The largest absolute Gasteiger partial charge is 0.465 e. The van der Waals surface area contributed by atoms with Crippen molar-refractivity contribution in [1.82, 2.24) is 15.2 Å². The van der Waals surface area contributed by atoms with E-state index < -0.39 is 5.54 Å². The van der Waals surface area contributed by atoms with Crippen LogP contribution in [0.15, 0.2) is 36.4 Å². The van der Waals surface area contributed by atoms with Gasteiger partial charge in [-0.05, 0) is 55.3 Å². The van der Waals surface area contributed by atoms with Crippen LogP contribution in [0, 0.1) is 6.92 Å². The lowest BCUT2D eigenvalue weighted by Crippen LogP contribution is -2.48. The fourth-order valence-corrected chi connectivity index (χ4v) is 4.96. The van der Waals surface area contributed by atoms with Gasteiger partial charge in [-0.3, -0.25) is 4.79 Å². The number of amides is 1. The van der Waals surface area contributed by atoms with Crippen molar-refractivity contribution in [2.24, 2.45) is 0 Å². The highest BCUT2D eigenvalue weighted by Crippen LogP contribution is 2.36. The maximum Gasteiger partial charge on any atom is 0.337 e. The van der Waals surface area contributed by atoms with E-state index in [1.807, 2.05) is 25.1 Å². The summed E-state index contributed by atoms with van der Waals surface area (Å²) < 4.78 is 4.80. The number of benzene rings is 2. The summed E-state index contributed by atoms with van der Waals surface area (Å²) in [5.74, 6) is -0.596.